The Morgan fingerprint density at radius 2 is 2.27 bits per heavy atom. The molecule has 0 aliphatic carbocycles. The van der Waals surface area contributed by atoms with Gasteiger partial charge in [0.15, 0.2) is 0 Å². The molecule has 1 aromatic rings. The molecule has 1 aliphatic heterocycles. The van der Waals surface area contributed by atoms with Gasteiger partial charge in [-0.2, -0.15) is 0 Å². The van der Waals surface area contributed by atoms with E-state index >= 15 is 0 Å². The van der Waals surface area contributed by atoms with Crippen molar-refractivity contribution >= 4 is 5.70 Å². The zero-order chi connectivity index (χ0) is 10.8. The minimum atomic E-state index is 0.354. The lowest BCUT2D eigenvalue weighted by molar-refractivity contribution is 0.357. The molecule has 0 saturated carbocycles. The summed E-state index contributed by atoms with van der Waals surface area (Å²) in [5, 5.41) is 3.38. The summed E-state index contributed by atoms with van der Waals surface area (Å²) in [5.74, 6) is 0. The van der Waals surface area contributed by atoms with Crippen molar-refractivity contribution in [3.05, 3.63) is 35.8 Å². The summed E-state index contributed by atoms with van der Waals surface area (Å²) >= 11 is 0. The Morgan fingerprint density at radius 1 is 1.47 bits per heavy atom. The van der Waals surface area contributed by atoms with Gasteiger partial charge in [-0.3, -0.25) is 4.98 Å². The molecule has 3 heteroatoms. The maximum atomic E-state index is 4.44. The monoisotopic (exact) mass is 203 g/mol. The molecule has 1 aromatic heterocycles. The topological polar surface area (TPSA) is 28.2 Å². The van der Waals surface area contributed by atoms with Crippen LogP contribution < -0.4 is 5.32 Å². The third-order valence-electron chi connectivity index (χ3n) is 2.82. The van der Waals surface area contributed by atoms with E-state index in [9.17, 15) is 0 Å². The number of hydrogen-bond donors (Lipinski definition) is 1. The molecule has 1 N–H and O–H groups in total. The molecular formula is C12H17N3. The van der Waals surface area contributed by atoms with Gasteiger partial charge >= 0.3 is 0 Å². The minimum absolute atomic E-state index is 0.354. The second kappa shape index (κ2) is 3.93. The van der Waals surface area contributed by atoms with Crippen molar-refractivity contribution in [1.29, 1.82) is 0 Å². The first-order valence-corrected chi connectivity index (χ1v) is 5.36. The van der Waals surface area contributed by atoms with Gasteiger partial charge in [0.1, 0.15) is 0 Å². The average Bonchev–Trinajstić information content (AvgIpc) is 2.59. The highest BCUT2D eigenvalue weighted by Gasteiger charge is 2.17. The second-order valence-electron chi connectivity index (χ2n) is 3.93. The molecule has 3 nitrogen and oxygen atoms in total. The van der Waals surface area contributed by atoms with E-state index in [1.165, 1.54) is 5.56 Å². The predicted molar refractivity (Wildman–Crippen MR) is 62.0 cm³/mol. The summed E-state index contributed by atoms with van der Waals surface area (Å²) in [6.45, 7) is 4.27. The molecule has 0 saturated heterocycles. The third-order valence-corrected chi connectivity index (χ3v) is 2.82. The first-order chi connectivity index (χ1) is 7.20. The molecule has 0 aromatic carbocycles. The van der Waals surface area contributed by atoms with E-state index < -0.39 is 0 Å². The highest BCUT2D eigenvalue weighted by atomic mass is 15.3. The number of pyridine rings is 1. The zero-order valence-electron chi connectivity index (χ0n) is 9.49. The summed E-state index contributed by atoms with van der Waals surface area (Å²) in [4.78, 5) is 6.59. The lowest BCUT2D eigenvalue weighted by Gasteiger charge is -2.15. The second-order valence-corrected chi connectivity index (χ2v) is 3.93. The normalized spacial score (nSPS) is 20.1. The van der Waals surface area contributed by atoms with E-state index in [1.807, 2.05) is 6.20 Å². The van der Waals surface area contributed by atoms with Gasteiger partial charge in [0.2, 0.25) is 0 Å². The van der Waals surface area contributed by atoms with Gasteiger partial charge < -0.3 is 10.2 Å². The molecule has 0 spiro atoms. The highest BCUT2D eigenvalue weighted by Crippen LogP contribution is 2.17. The van der Waals surface area contributed by atoms with Gasteiger partial charge in [-0.05, 0) is 25.0 Å². The van der Waals surface area contributed by atoms with Crippen molar-refractivity contribution in [1.82, 2.24) is 15.2 Å². The molecule has 0 amide bonds. The smallest absolute Gasteiger partial charge is 0.0954 e. The highest BCUT2D eigenvalue weighted by molar-refractivity contribution is 5.62. The van der Waals surface area contributed by atoms with Crippen LogP contribution in [0.2, 0.25) is 0 Å². The van der Waals surface area contributed by atoms with Crippen molar-refractivity contribution in [2.24, 2.45) is 0 Å². The van der Waals surface area contributed by atoms with Gasteiger partial charge in [-0.1, -0.05) is 13.0 Å². The van der Waals surface area contributed by atoms with Gasteiger partial charge in [0.25, 0.3) is 0 Å². The Morgan fingerprint density at radius 3 is 2.73 bits per heavy atom. The van der Waals surface area contributed by atoms with Crippen LogP contribution in [0.15, 0.2) is 24.5 Å². The van der Waals surface area contributed by atoms with E-state index in [0.717, 1.165) is 17.8 Å². The van der Waals surface area contributed by atoms with Crippen LogP contribution in [0, 0.1) is 0 Å². The molecule has 1 atom stereocenters. The first-order valence-electron chi connectivity index (χ1n) is 5.36. The summed E-state index contributed by atoms with van der Waals surface area (Å²) in [5.41, 5.74) is 3.40. The lowest BCUT2D eigenvalue weighted by atomic mass is 10.2. The molecule has 15 heavy (non-hydrogen) atoms. The average molecular weight is 203 g/mol. The molecule has 80 valence electrons. The van der Waals surface area contributed by atoms with Gasteiger partial charge in [0.05, 0.1) is 17.6 Å². The number of aryl methyl sites for hydroxylation is 1. The Hall–Kier alpha value is -1.51. The Labute approximate surface area is 90.8 Å². The maximum Gasteiger partial charge on any atom is 0.0954 e. The molecule has 2 rings (SSSR count). The van der Waals surface area contributed by atoms with E-state index in [-0.39, 0.29) is 0 Å². The summed E-state index contributed by atoms with van der Waals surface area (Å²) in [6.07, 6.45) is 5.43. The number of nitrogens with one attached hydrogen (secondary N) is 1. The molecule has 0 fully saturated rings. The van der Waals surface area contributed by atoms with Crippen LogP contribution >= 0.6 is 0 Å². The van der Waals surface area contributed by atoms with E-state index in [1.54, 1.807) is 0 Å². The molecule has 1 aliphatic rings. The molecule has 1 unspecified atom stereocenters. The number of aromatic nitrogens is 1. The Balaban J connectivity index is 2.20. The molecule has 0 radical (unpaired) electrons. The van der Waals surface area contributed by atoms with Crippen molar-refractivity contribution in [2.75, 3.05) is 7.05 Å². The van der Waals surface area contributed by atoms with E-state index in [0.29, 0.717) is 6.17 Å². The predicted octanol–water partition coefficient (Wildman–Crippen LogP) is 1.82. The Bertz CT molecular complexity index is 367. The van der Waals surface area contributed by atoms with Crippen LogP contribution in [0.4, 0.5) is 0 Å². The van der Waals surface area contributed by atoms with Crippen molar-refractivity contribution in [3.8, 4) is 0 Å². The largest absolute Gasteiger partial charge is 0.363 e. The Kier molecular flexibility index (Phi) is 2.62. The number of rotatable bonds is 2. The molecule has 0 bridgehead atoms. The van der Waals surface area contributed by atoms with Crippen LogP contribution in [0.3, 0.4) is 0 Å². The molecular weight excluding hydrogens is 186 g/mol. The zero-order valence-corrected chi connectivity index (χ0v) is 9.49. The lowest BCUT2D eigenvalue weighted by Crippen LogP contribution is -2.29. The van der Waals surface area contributed by atoms with Crippen LogP contribution in [0.1, 0.15) is 25.1 Å². The van der Waals surface area contributed by atoms with Crippen LogP contribution in [0.25, 0.3) is 5.70 Å². The SMILES string of the molecule is CCc1ccc(C2=CN(C)C(C)N2)nc1. The summed E-state index contributed by atoms with van der Waals surface area (Å²) in [7, 11) is 2.06. The standard InChI is InChI=1S/C12H17N3/c1-4-10-5-6-11(13-7-10)12-8-15(3)9(2)14-12/h5-9,14H,4H2,1-3H3. The molecule has 2 heterocycles. The third kappa shape index (κ3) is 1.96. The van der Waals surface area contributed by atoms with Crippen molar-refractivity contribution in [2.45, 2.75) is 26.4 Å². The quantitative estimate of drug-likeness (QED) is 0.794. The number of nitrogens with zero attached hydrogens (tertiary/aromatic N) is 2. The van der Waals surface area contributed by atoms with Crippen LogP contribution in [-0.4, -0.2) is 23.1 Å². The fourth-order valence-corrected chi connectivity index (χ4v) is 1.61. The van der Waals surface area contributed by atoms with Gasteiger partial charge in [-0.25, -0.2) is 0 Å². The number of hydrogen-bond acceptors (Lipinski definition) is 3. The van der Waals surface area contributed by atoms with Crippen molar-refractivity contribution < 1.29 is 0 Å². The van der Waals surface area contributed by atoms with Crippen molar-refractivity contribution in [3.63, 3.8) is 0 Å². The maximum absolute atomic E-state index is 4.44. The minimum Gasteiger partial charge on any atom is -0.363 e. The first kappa shape index (κ1) is 10.0. The van der Waals surface area contributed by atoms with Crippen LogP contribution in [-0.2, 0) is 6.42 Å². The van der Waals surface area contributed by atoms with Crippen LogP contribution in [0.5, 0.6) is 0 Å². The van der Waals surface area contributed by atoms with E-state index in [4.69, 9.17) is 0 Å². The van der Waals surface area contributed by atoms with Gasteiger partial charge in [-0.15, -0.1) is 0 Å². The summed E-state index contributed by atoms with van der Waals surface area (Å²) in [6, 6.07) is 4.21. The van der Waals surface area contributed by atoms with E-state index in [2.05, 4.69) is 54.4 Å². The summed E-state index contributed by atoms with van der Waals surface area (Å²) < 4.78 is 0. The van der Waals surface area contributed by atoms with Gasteiger partial charge in [0, 0.05) is 19.4 Å². The fraction of sp³-hybridized carbons (Fsp3) is 0.417. The fourth-order valence-electron chi connectivity index (χ4n) is 1.61.